The number of aromatic nitrogens is 2. The Balaban J connectivity index is 3.20. The smallest absolute Gasteiger partial charge is 0.271 e. The Morgan fingerprint density at radius 1 is 1.70 bits per heavy atom. The monoisotopic (exact) mass is 140 g/mol. The Kier molecular flexibility index (Phi) is 1.49. The van der Waals surface area contributed by atoms with Gasteiger partial charge in [0.05, 0.1) is 10.6 Å². The second-order valence-electron chi connectivity index (χ2n) is 1.73. The average molecular weight is 140 g/mol. The first kappa shape index (κ1) is 6.47. The van der Waals surface area contributed by atoms with Crippen molar-refractivity contribution in [2.45, 2.75) is 0 Å². The Bertz CT molecular complexity index is 304. The Morgan fingerprint density at radius 2 is 2.40 bits per heavy atom. The van der Waals surface area contributed by atoms with Crippen LogP contribution in [0.25, 0.3) is 0 Å². The minimum Gasteiger partial charge on any atom is -0.364 e. The van der Waals surface area contributed by atoms with Gasteiger partial charge in [-0.1, -0.05) is 0 Å². The topological polar surface area (TPSA) is 81.8 Å². The van der Waals surface area contributed by atoms with E-state index in [9.17, 15) is 9.70 Å². The van der Waals surface area contributed by atoms with Gasteiger partial charge in [-0.25, -0.2) is 0 Å². The Hall–Kier alpha value is -1.65. The maximum atomic E-state index is 10.5. The summed E-state index contributed by atoms with van der Waals surface area (Å²) in [6, 6.07) is 0. The van der Waals surface area contributed by atoms with E-state index in [2.05, 4.69) is 4.98 Å². The molecule has 0 saturated heterocycles. The van der Waals surface area contributed by atoms with E-state index >= 15 is 0 Å². The van der Waals surface area contributed by atoms with E-state index in [1.807, 2.05) is 0 Å². The largest absolute Gasteiger partial charge is 0.364 e. The third kappa shape index (κ3) is 1.19. The minimum atomic E-state index is -0.648. The zero-order valence-electron chi connectivity index (χ0n) is 5.07. The van der Waals surface area contributed by atoms with Gasteiger partial charge in [-0.15, -0.1) is 0 Å². The molecule has 0 saturated carbocycles. The summed E-state index contributed by atoms with van der Waals surface area (Å²) in [4.78, 5) is 23.4. The molecule has 0 fully saturated rings. The van der Waals surface area contributed by atoms with Crippen LogP contribution >= 0.6 is 0 Å². The van der Waals surface area contributed by atoms with Gasteiger partial charge in [0.25, 0.3) is 12.1 Å². The molecule has 0 spiro atoms. The number of nitrogens with one attached hydrogen (secondary N) is 1. The quantitative estimate of drug-likeness (QED) is 0.492. The van der Waals surface area contributed by atoms with Crippen LogP contribution in [0.2, 0.25) is 0 Å². The number of primary amides is 1. The molecule has 52 valence electrons. The highest BCUT2D eigenvalue weighted by molar-refractivity contribution is 5.90. The van der Waals surface area contributed by atoms with Crippen LogP contribution in [0, 0.1) is 4.91 Å². The van der Waals surface area contributed by atoms with Gasteiger partial charge in [-0.3, -0.25) is 4.79 Å². The lowest BCUT2D eigenvalue weighted by molar-refractivity contribution is -0.495. The number of hydrogen-bond donors (Lipinski definition) is 2. The molecule has 5 nitrogen and oxygen atoms in total. The maximum absolute atomic E-state index is 10.5. The van der Waals surface area contributed by atoms with Crippen LogP contribution in [-0.2, 0) is 0 Å². The highest BCUT2D eigenvalue weighted by Gasteiger charge is 2.03. The number of carbonyl (C=O) groups excluding carboxylic acids is 1. The zero-order valence-corrected chi connectivity index (χ0v) is 5.07. The fourth-order valence-corrected chi connectivity index (χ4v) is 0.543. The third-order valence-electron chi connectivity index (χ3n) is 0.982. The van der Waals surface area contributed by atoms with Gasteiger partial charge >= 0.3 is 0 Å². The number of amides is 1. The Morgan fingerprint density at radius 3 is 2.80 bits per heavy atom. The van der Waals surface area contributed by atoms with Gasteiger partial charge < -0.3 is 10.7 Å². The Labute approximate surface area is 56.1 Å². The zero-order chi connectivity index (χ0) is 7.56. The normalized spacial score (nSPS) is 9.20. The van der Waals surface area contributed by atoms with Crippen molar-refractivity contribution in [3.05, 3.63) is 29.2 Å². The molecule has 0 bridgehead atoms. The molecule has 0 aliphatic rings. The van der Waals surface area contributed by atoms with Crippen molar-refractivity contribution in [2.24, 2.45) is 5.73 Å². The first-order valence-corrected chi connectivity index (χ1v) is 2.60. The van der Waals surface area contributed by atoms with Crippen LogP contribution in [0.3, 0.4) is 0 Å². The molecule has 0 aliphatic carbocycles. The standard InChI is InChI=1S/C5H5N3O2/c6-5(9)4-3-8(10)2-1-7-4/h1-3H,(H2-,6,7,9,10)/p+1. The van der Waals surface area contributed by atoms with E-state index in [1.165, 1.54) is 12.4 Å². The van der Waals surface area contributed by atoms with Crippen LogP contribution in [-0.4, -0.2) is 10.9 Å². The lowest BCUT2D eigenvalue weighted by Crippen LogP contribution is -2.20. The molecular weight excluding hydrogens is 134 g/mol. The van der Waals surface area contributed by atoms with Crippen LogP contribution in [0.4, 0.5) is 0 Å². The van der Waals surface area contributed by atoms with Crippen molar-refractivity contribution in [1.82, 2.24) is 4.98 Å². The molecule has 10 heavy (non-hydrogen) atoms. The number of aromatic amines is 1. The van der Waals surface area contributed by atoms with Crippen LogP contribution in [0.5, 0.6) is 0 Å². The molecule has 1 amide bonds. The molecule has 0 aromatic carbocycles. The fraction of sp³-hybridized carbons (Fsp3) is 0. The van der Waals surface area contributed by atoms with Crippen molar-refractivity contribution in [2.75, 3.05) is 0 Å². The second-order valence-corrected chi connectivity index (χ2v) is 1.73. The van der Waals surface area contributed by atoms with E-state index in [0.29, 0.717) is 4.43 Å². The molecule has 5 heteroatoms. The summed E-state index contributed by atoms with van der Waals surface area (Å²) in [7, 11) is 0. The number of rotatable bonds is 1. The van der Waals surface area contributed by atoms with Gasteiger partial charge in [0.1, 0.15) is 0 Å². The first-order valence-electron chi connectivity index (χ1n) is 2.60. The maximum Gasteiger partial charge on any atom is 0.271 e. The van der Waals surface area contributed by atoms with Crippen molar-refractivity contribution in [3.8, 4) is 0 Å². The second kappa shape index (κ2) is 2.30. The third-order valence-corrected chi connectivity index (χ3v) is 0.982. The summed E-state index contributed by atoms with van der Waals surface area (Å²) < 4.78 is 0.497. The van der Waals surface area contributed by atoms with Crippen molar-refractivity contribution in [1.29, 1.82) is 0 Å². The average Bonchev–Trinajstić information content (AvgIpc) is 1.88. The molecule has 0 atom stereocenters. The molecule has 0 unspecified atom stereocenters. The van der Waals surface area contributed by atoms with E-state index in [4.69, 9.17) is 5.73 Å². The summed E-state index contributed by atoms with van der Waals surface area (Å²) in [5.41, 5.74) is 4.96. The molecule has 1 rings (SSSR count). The fourth-order valence-electron chi connectivity index (χ4n) is 0.543. The highest BCUT2D eigenvalue weighted by Crippen LogP contribution is 1.82. The first-order chi connectivity index (χ1) is 4.70. The van der Waals surface area contributed by atoms with E-state index < -0.39 is 5.91 Å². The van der Waals surface area contributed by atoms with E-state index in [-0.39, 0.29) is 5.69 Å². The minimum absolute atomic E-state index is 0.0949. The summed E-state index contributed by atoms with van der Waals surface area (Å²) in [6.07, 6.45) is 3.64. The lowest BCUT2D eigenvalue weighted by Gasteiger charge is -1.85. The lowest BCUT2D eigenvalue weighted by atomic mass is 10.4. The van der Waals surface area contributed by atoms with Gasteiger partial charge in [0.15, 0.2) is 5.69 Å². The summed E-state index contributed by atoms with van der Waals surface area (Å²) in [5.74, 6) is -0.648. The van der Waals surface area contributed by atoms with Crippen molar-refractivity contribution < 1.29 is 9.22 Å². The molecule has 1 heterocycles. The molecule has 0 radical (unpaired) electrons. The number of carbonyl (C=O) groups is 1. The molecule has 3 N–H and O–H groups in total. The van der Waals surface area contributed by atoms with Crippen LogP contribution in [0.15, 0.2) is 18.6 Å². The summed E-state index contributed by atoms with van der Waals surface area (Å²) in [6.45, 7) is 0. The number of nitrogens with zero attached hydrogens (tertiary/aromatic N) is 1. The summed E-state index contributed by atoms with van der Waals surface area (Å²) in [5, 5.41) is 0. The number of H-pyrrole nitrogens is 1. The summed E-state index contributed by atoms with van der Waals surface area (Å²) >= 11 is 0. The number of hydrogen-bond acceptors (Lipinski definition) is 2. The number of nitrogens with two attached hydrogens (primary N) is 1. The van der Waals surface area contributed by atoms with E-state index in [0.717, 1.165) is 6.20 Å². The van der Waals surface area contributed by atoms with E-state index in [1.54, 1.807) is 0 Å². The van der Waals surface area contributed by atoms with Gasteiger partial charge in [-0.2, -0.15) is 0 Å². The van der Waals surface area contributed by atoms with Gasteiger partial charge in [0.2, 0.25) is 6.20 Å². The molecular formula is C5H6N3O2+. The highest BCUT2D eigenvalue weighted by atomic mass is 16.3. The van der Waals surface area contributed by atoms with Crippen LogP contribution < -0.4 is 10.2 Å². The van der Waals surface area contributed by atoms with Gasteiger partial charge in [-0.05, 0) is 0 Å². The van der Waals surface area contributed by atoms with Crippen molar-refractivity contribution >= 4 is 5.91 Å². The molecule has 0 aliphatic heterocycles. The van der Waals surface area contributed by atoms with Gasteiger partial charge in [0, 0.05) is 4.91 Å². The SMILES string of the molecule is NC(=O)c1c[n+](=O)cc[nH]1. The molecule has 1 aromatic heterocycles. The van der Waals surface area contributed by atoms with Crippen LogP contribution in [0.1, 0.15) is 10.5 Å². The van der Waals surface area contributed by atoms with Crippen molar-refractivity contribution in [3.63, 3.8) is 0 Å². The predicted octanol–water partition coefficient (Wildman–Crippen LogP) is -0.972. The predicted molar refractivity (Wildman–Crippen MR) is 32.7 cm³/mol. The molecule has 1 aromatic rings.